The summed E-state index contributed by atoms with van der Waals surface area (Å²) in [6.07, 6.45) is 0. The first kappa shape index (κ1) is 22.3. The molecule has 0 aliphatic rings. The lowest BCUT2D eigenvalue weighted by atomic mass is 9.99. The van der Waals surface area contributed by atoms with Crippen LogP contribution in [-0.2, 0) is 19.6 Å². The van der Waals surface area contributed by atoms with Crippen molar-refractivity contribution in [2.45, 2.75) is 10.9 Å². The largest absolute Gasteiger partial charge is 0.468 e. The molecule has 8 heteroatoms. The van der Waals surface area contributed by atoms with E-state index in [1.807, 2.05) is 36.4 Å². The van der Waals surface area contributed by atoms with Crippen molar-refractivity contribution in [1.82, 2.24) is 4.31 Å². The molecule has 0 radical (unpaired) electrons. The molecule has 0 aromatic heterocycles. The van der Waals surface area contributed by atoms with Gasteiger partial charge in [-0.3, -0.25) is 4.79 Å². The van der Waals surface area contributed by atoms with Gasteiger partial charge >= 0.3 is 5.97 Å². The third-order valence-electron chi connectivity index (χ3n) is 4.51. The molecule has 0 saturated heterocycles. The van der Waals surface area contributed by atoms with E-state index >= 15 is 0 Å². The number of halogens is 2. The van der Waals surface area contributed by atoms with E-state index in [2.05, 4.69) is 0 Å². The maximum atomic E-state index is 13.7. The molecule has 30 heavy (non-hydrogen) atoms. The Kier molecular flexibility index (Phi) is 7.15. The average Bonchev–Trinajstić information content (AvgIpc) is 2.74. The second-order valence-electron chi connectivity index (χ2n) is 6.43. The van der Waals surface area contributed by atoms with E-state index in [1.165, 1.54) is 25.3 Å². The highest BCUT2D eigenvalue weighted by Crippen LogP contribution is 2.36. The number of sulfonamides is 1. The lowest BCUT2D eigenvalue weighted by molar-refractivity contribution is -0.141. The van der Waals surface area contributed by atoms with Gasteiger partial charge in [0.25, 0.3) is 0 Å². The molecule has 0 atom stereocenters. The third-order valence-corrected chi connectivity index (χ3v) is 7.04. The highest BCUT2D eigenvalue weighted by Gasteiger charge is 2.36. The number of esters is 1. The van der Waals surface area contributed by atoms with Crippen molar-refractivity contribution < 1.29 is 17.9 Å². The summed E-state index contributed by atoms with van der Waals surface area (Å²) in [5.74, 6) is -0.694. The Morgan fingerprint density at radius 3 is 1.93 bits per heavy atom. The maximum absolute atomic E-state index is 13.7. The summed E-state index contributed by atoms with van der Waals surface area (Å²) in [5, 5.41) is 0.276. The van der Waals surface area contributed by atoms with E-state index in [1.54, 1.807) is 24.3 Å². The van der Waals surface area contributed by atoms with Crippen LogP contribution in [0.15, 0.2) is 83.8 Å². The van der Waals surface area contributed by atoms with Crippen LogP contribution in [0.25, 0.3) is 0 Å². The highest BCUT2D eigenvalue weighted by molar-refractivity contribution is 7.89. The molecule has 0 amide bonds. The second kappa shape index (κ2) is 9.62. The van der Waals surface area contributed by atoms with Gasteiger partial charge in [-0.25, -0.2) is 8.42 Å². The average molecular weight is 464 g/mol. The van der Waals surface area contributed by atoms with Crippen LogP contribution in [0, 0.1) is 0 Å². The first-order valence-electron chi connectivity index (χ1n) is 8.98. The molecule has 0 N–H and O–H groups in total. The number of ether oxygens (including phenoxy) is 1. The molecule has 5 nitrogen and oxygen atoms in total. The van der Waals surface area contributed by atoms with Crippen molar-refractivity contribution in [3.63, 3.8) is 0 Å². The van der Waals surface area contributed by atoms with Crippen molar-refractivity contribution in [1.29, 1.82) is 0 Å². The number of carbonyl (C=O) groups is 1. The number of hydrogen-bond donors (Lipinski definition) is 0. The highest BCUT2D eigenvalue weighted by atomic mass is 35.5. The van der Waals surface area contributed by atoms with Crippen molar-refractivity contribution in [2.24, 2.45) is 0 Å². The quantitative estimate of drug-likeness (QED) is 0.465. The van der Waals surface area contributed by atoms with E-state index in [4.69, 9.17) is 27.9 Å². The summed E-state index contributed by atoms with van der Waals surface area (Å²) in [5.41, 5.74) is 1.39. The third kappa shape index (κ3) is 4.84. The predicted molar refractivity (Wildman–Crippen MR) is 117 cm³/mol. The number of carbonyl (C=O) groups excluding carboxylic acids is 1. The smallest absolute Gasteiger partial charge is 0.321 e. The van der Waals surface area contributed by atoms with Crippen LogP contribution in [0.2, 0.25) is 10.0 Å². The van der Waals surface area contributed by atoms with Gasteiger partial charge < -0.3 is 4.74 Å². The Bertz CT molecular complexity index is 1080. The molecular formula is C22H19Cl2NO4S. The molecule has 0 aliphatic carbocycles. The Morgan fingerprint density at radius 1 is 0.933 bits per heavy atom. The number of nitrogens with zero attached hydrogens (tertiary/aromatic N) is 1. The predicted octanol–water partition coefficient (Wildman–Crippen LogP) is 4.95. The van der Waals surface area contributed by atoms with E-state index in [0.29, 0.717) is 16.1 Å². The maximum Gasteiger partial charge on any atom is 0.321 e. The number of rotatable bonds is 7. The fraction of sp³-hybridized carbons (Fsp3) is 0.136. The molecule has 156 valence electrons. The van der Waals surface area contributed by atoms with Crippen molar-refractivity contribution in [2.75, 3.05) is 13.7 Å². The van der Waals surface area contributed by atoms with E-state index in [0.717, 1.165) is 4.31 Å². The molecular weight excluding hydrogens is 445 g/mol. The Morgan fingerprint density at radius 2 is 1.47 bits per heavy atom. The molecule has 3 aromatic rings. The zero-order valence-corrected chi connectivity index (χ0v) is 18.4. The van der Waals surface area contributed by atoms with Crippen LogP contribution in [0.4, 0.5) is 0 Å². The number of benzene rings is 3. The molecule has 0 saturated carbocycles. The van der Waals surface area contributed by atoms with Crippen LogP contribution in [-0.4, -0.2) is 32.3 Å². The molecule has 3 rings (SSSR count). The first-order chi connectivity index (χ1) is 14.3. The van der Waals surface area contributed by atoms with Gasteiger partial charge in [0.15, 0.2) is 0 Å². The van der Waals surface area contributed by atoms with Gasteiger partial charge in [-0.05, 0) is 29.3 Å². The Hall–Kier alpha value is -2.38. The van der Waals surface area contributed by atoms with Gasteiger partial charge in [0.1, 0.15) is 11.4 Å². The summed E-state index contributed by atoms with van der Waals surface area (Å²) in [4.78, 5) is 12.1. The molecule has 0 bridgehead atoms. The first-order valence-corrected chi connectivity index (χ1v) is 11.2. The monoisotopic (exact) mass is 463 g/mol. The van der Waals surface area contributed by atoms with Gasteiger partial charge in [-0.1, -0.05) is 83.9 Å². The Balaban J connectivity index is 2.23. The van der Waals surface area contributed by atoms with Crippen molar-refractivity contribution in [3.05, 3.63) is 100 Å². The van der Waals surface area contributed by atoms with E-state index in [9.17, 15) is 13.2 Å². The normalized spacial score (nSPS) is 11.6. The van der Waals surface area contributed by atoms with Crippen LogP contribution in [0.1, 0.15) is 17.2 Å². The summed E-state index contributed by atoms with van der Waals surface area (Å²) in [6, 6.07) is 21.5. The lowest BCUT2D eigenvalue weighted by Gasteiger charge is -2.31. The van der Waals surface area contributed by atoms with Gasteiger partial charge in [-0.2, -0.15) is 4.31 Å². The molecule has 0 heterocycles. The zero-order chi connectivity index (χ0) is 21.7. The number of hydrogen-bond acceptors (Lipinski definition) is 4. The molecule has 0 fully saturated rings. The van der Waals surface area contributed by atoms with Crippen LogP contribution in [0.3, 0.4) is 0 Å². The summed E-state index contributed by atoms with van der Waals surface area (Å²) < 4.78 is 33.3. The summed E-state index contributed by atoms with van der Waals surface area (Å²) in [7, 11) is -3.00. The van der Waals surface area contributed by atoms with Gasteiger partial charge in [0.05, 0.1) is 18.2 Å². The topological polar surface area (TPSA) is 63.7 Å². The van der Waals surface area contributed by atoms with Crippen LogP contribution >= 0.6 is 23.2 Å². The second-order valence-corrected chi connectivity index (χ2v) is 9.13. The minimum Gasteiger partial charge on any atom is -0.468 e. The molecule has 0 unspecified atom stereocenters. The zero-order valence-electron chi connectivity index (χ0n) is 16.0. The van der Waals surface area contributed by atoms with E-state index in [-0.39, 0.29) is 9.92 Å². The summed E-state index contributed by atoms with van der Waals surface area (Å²) in [6.45, 7) is -0.494. The lowest BCUT2D eigenvalue weighted by Crippen LogP contribution is -2.39. The van der Waals surface area contributed by atoms with E-state index < -0.39 is 28.6 Å². The fourth-order valence-corrected chi connectivity index (χ4v) is 5.41. The molecule has 0 aliphatic heterocycles. The Labute approximate surface area is 185 Å². The minimum atomic E-state index is -4.21. The molecule has 3 aromatic carbocycles. The fourth-order valence-electron chi connectivity index (χ4n) is 3.11. The standard InChI is InChI=1S/C22H19Cl2NO4S/c1-29-21(26)15-25(30(27,28)20-13-12-18(23)14-19(20)24)22(16-8-4-2-5-9-16)17-10-6-3-7-11-17/h2-14,22H,15H2,1H3. The SMILES string of the molecule is COC(=O)CN(C(c1ccccc1)c1ccccc1)S(=O)(=O)c1ccc(Cl)cc1Cl. The summed E-state index contributed by atoms with van der Waals surface area (Å²) >= 11 is 12.2. The van der Waals surface area contributed by atoms with Gasteiger partial charge in [0.2, 0.25) is 10.0 Å². The van der Waals surface area contributed by atoms with Crippen LogP contribution < -0.4 is 0 Å². The number of methoxy groups -OCH3 is 1. The van der Waals surface area contributed by atoms with Gasteiger partial charge in [0, 0.05) is 5.02 Å². The van der Waals surface area contributed by atoms with Crippen molar-refractivity contribution >= 4 is 39.2 Å². The van der Waals surface area contributed by atoms with Crippen molar-refractivity contribution in [3.8, 4) is 0 Å². The minimum absolute atomic E-state index is 0.0303. The molecule has 0 spiro atoms. The van der Waals surface area contributed by atoms with Crippen LogP contribution in [0.5, 0.6) is 0 Å². The van der Waals surface area contributed by atoms with Gasteiger partial charge in [-0.15, -0.1) is 0 Å².